The van der Waals surface area contributed by atoms with Crippen LogP contribution in [-0.4, -0.2) is 33.9 Å². The molecule has 8 nitrogen and oxygen atoms in total. The fourth-order valence-corrected chi connectivity index (χ4v) is 4.28. The average Bonchev–Trinajstić information content (AvgIpc) is 3.23. The fraction of sp³-hybridized carbons (Fsp3) is 0.0833. The van der Waals surface area contributed by atoms with E-state index in [2.05, 4.69) is 20.9 Å². The smallest absolute Gasteiger partial charge is 0.271 e. The SMILES string of the molecule is COc1cc2ncc3c(-c4cccc(Br)c4)nn(-c4cccc([N+](=O)[O-])c4)c3c2cc1OC. The van der Waals surface area contributed by atoms with Gasteiger partial charge in [0, 0.05) is 45.2 Å². The van der Waals surface area contributed by atoms with E-state index in [1.165, 1.54) is 12.1 Å². The maximum absolute atomic E-state index is 11.4. The second-order valence-corrected chi connectivity index (χ2v) is 8.21. The van der Waals surface area contributed by atoms with E-state index in [0.717, 1.165) is 26.3 Å². The van der Waals surface area contributed by atoms with Gasteiger partial charge >= 0.3 is 0 Å². The van der Waals surface area contributed by atoms with E-state index in [1.54, 1.807) is 43.3 Å². The molecule has 33 heavy (non-hydrogen) atoms. The van der Waals surface area contributed by atoms with Gasteiger partial charge in [-0.1, -0.05) is 34.1 Å². The Kier molecular flexibility index (Phi) is 5.18. The Morgan fingerprint density at radius 3 is 2.45 bits per heavy atom. The number of aromatic nitrogens is 3. The summed E-state index contributed by atoms with van der Waals surface area (Å²) in [6, 6.07) is 17.8. The zero-order valence-corrected chi connectivity index (χ0v) is 19.2. The van der Waals surface area contributed by atoms with Crippen LogP contribution in [0.15, 0.2) is 71.3 Å². The molecule has 5 rings (SSSR count). The first-order valence-electron chi connectivity index (χ1n) is 9.94. The zero-order valence-electron chi connectivity index (χ0n) is 17.7. The van der Waals surface area contributed by atoms with Crippen LogP contribution < -0.4 is 9.47 Å². The summed E-state index contributed by atoms with van der Waals surface area (Å²) in [6.07, 6.45) is 1.76. The van der Waals surface area contributed by atoms with E-state index in [9.17, 15) is 10.1 Å². The first kappa shape index (κ1) is 20.9. The van der Waals surface area contributed by atoms with Gasteiger partial charge in [-0.25, -0.2) is 4.68 Å². The molecule has 0 saturated heterocycles. The Labute approximate surface area is 196 Å². The number of halogens is 1. The van der Waals surface area contributed by atoms with Crippen molar-refractivity contribution in [1.82, 2.24) is 14.8 Å². The number of pyridine rings is 1. The van der Waals surface area contributed by atoms with Crippen LogP contribution in [0.2, 0.25) is 0 Å². The number of ether oxygens (including phenoxy) is 2. The van der Waals surface area contributed by atoms with E-state index >= 15 is 0 Å². The van der Waals surface area contributed by atoms with Crippen molar-refractivity contribution in [3.63, 3.8) is 0 Å². The largest absolute Gasteiger partial charge is 0.493 e. The Morgan fingerprint density at radius 1 is 0.970 bits per heavy atom. The molecule has 5 aromatic rings. The molecule has 0 fully saturated rings. The molecule has 164 valence electrons. The molecule has 0 radical (unpaired) electrons. The molecule has 0 N–H and O–H groups in total. The second kappa shape index (κ2) is 8.18. The number of rotatable bonds is 5. The third-order valence-electron chi connectivity index (χ3n) is 5.39. The minimum Gasteiger partial charge on any atom is -0.493 e. The molecule has 0 aliphatic heterocycles. The van der Waals surface area contributed by atoms with Crippen LogP contribution in [0.1, 0.15) is 0 Å². The van der Waals surface area contributed by atoms with Gasteiger partial charge in [-0.15, -0.1) is 0 Å². The maximum Gasteiger partial charge on any atom is 0.271 e. The number of nitro benzene ring substituents is 1. The molecule has 3 aromatic carbocycles. The van der Waals surface area contributed by atoms with Crippen molar-refractivity contribution < 1.29 is 14.4 Å². The molecule has 0 unspecified atom stereocenters. The van der Waals surface area contributed by atoms with E-state index < -0.39 is 4.92 Å². The van der Waals surface area contributed by atoms with Gasteiger partial charge in [-0.2, -0.15) is 5.10 Å². The summed E-state index contributed by atoms with van der Waals surface area (Å²) in [5.74, 6) is 1.11. The second-order valence-electron chi connectivity index (χ2n) is 7.29. The molecule has 9 heteroatoms. The van der Waals surface area contributed by atoms with Crippen molar-refractivity contribution in [3.05, 3.63) is 81.4 Å². The van der Waals surface area contributed by atoms with E-state index in [4.69, 9.17) is 14.6 Å². The van der Waals surface area contributed by atoms with Gasteiger partial charge in [0.15, 0.2) is 11.5 Å². The lowest BCUT2D eigenvalue weighted by Crippen LogP contribution is -1.99. The summed E-state index contributed by atoms with van der Waals surface area (Å²) >= 11 is 3.52. The molecule has 0 spiro atoms. The highest BCUT2D eigenvalue weighted by Crippen LogP contribution is 2.39. The summed E-state index contributed by atoms with van der Waals surface area (Å²) in [7, 11) is 3.14. The van der Waals surface area contributed by atoms with Crippen molar-refractivity contribution in [2.45, 2.75) is 0 Å². The normalized spacial score (nSPS) is 11.1. The number of methoxy groups -OCH3 is 2. The number of fused-ring (bicyclic) bond motifs is 3. The maximum atomic E-state index is 11.4. The number of hydrogen-bond acceptors (Lipinski definition) is 6. The van der Waals surface area contributed by atoms with Crippen LogP contribution in [0, 0.1) is 10.1 Å². The highest BCUT2D eigenvalue weighted by molar-refractivity contribution is 9.10. The van der Waals surface area contributed by atoms with Gasteiger partial charge in [0.2, 0.25) is 0 Å². The van der Waals surface area contributed by atoms with Crippen molar-refractivity contribution in [2.24, 2.45) is 0 Å². The molecule has 2 aromatic heterocycles. The molecule has 0 saturated carbocycles. The van der Waals surface area contributed by atoms with Gasteiger partial charge < -0.3 is 9.47 Å². The molecule has 2 heterocycles. The lowest BCUT2D eigenvalue weighted by molar-refractivity contribution is -0.384. The van der Waals surface area contributed by atoms with E-state index in [0.29, 0.717) is 28.4 Å². The predicted octanol–water partition coefficient (Wildman–Crippen LogP) is 5.93. The van der Waals surface area contributed by atoms with Gasteiger partial charge in [-0.3, -0.25) is 15.1 Å². The van der Waals surface area contributed by atoms with E-state index in [-0.39, 0.29) is 5.69 Å². The number of nitro groups is 1. The fourth-order valence-electron chi connectivity index (χ4n) is 3.88. The minimum absolute atomic E-state index is 0.0160. The van der Waals surface area contributed by atoms with Crippen LogP contribution in [0.5, 0.6) is 11.5 Å². The van der Waals surface area contributed by atoms with Gasteiger partial charge in [0.05, 0.1) is 35.9 Å². The zero-order chi connectivity index (χ0) is 23.1. The summed E-state index contributed by atoms with van der Waals surface area (Å²) in [5, 5.41) is 17.9. The van der Waals surface area contributed by atoms with Crippen LogP contribution in [0.25, 0.3) is 38.8 Å². The Bertz CT molecular complexity index is 1550. The average molecular weight is 505 g/mol. The third kappa shape index (κ3) is 3.56. The molecule has 0 amide bonds. The lowest BCUT2D eigenvalue weighted by Gasteiger charge is -2.10. The van der Waals surface area contributed by atoms with Crippen molar-refractivity contribution in [2.75, 3.05) is 14.2 Å². The molecular weight excluding hydrogens is 488 g/mol. The van der Waals surface area contributed by atoms with Crippen LogP contribution in [0.3, 0.4) is 0 Å². The number of non-ortho nitro benzene ring substituents is 1. The van der Waals surface area contributed by atoms with Gasteiger partial charge in [-0.05, 0) is 24.3 Å². The third-order valence-corrected chi connectivity index (χ3v) is 5.89. The highest BCUT2D eigenvalue weighted by Gasteiger charge is 2.20. The van der Waals surface area contributed by atoms with Crippen LogP contribution >= 0.6 is 15.9 Å². The number of hydrogen-bond donors (Lipinski definition) is 0. The molecule has 0 aliphatic carbocycles. The molecular formula is C24H17BrN4O4. The summed E-state index contributed by atoms with van der Waals surface area (Å²) in [4.78, 5) is 15.6. The highest BCUT2D eigenvalue weighted by atomic mass is 79.9. The number of nitrogens with zero attached hydrogens (tertiary/aromatic N) is 4. The predicted molar refractivity (Wildman–Crippen MR) is 129 cm³/mol. The number of benzene rings is 3. The van der Waals surface area contributed by atoms with Gasteiger partial charge in [0.1, 0.15) is 5.69 Å². The van der Waals surface area contributed by atoms with Gasteiger partial charge in [0.25, 0.3) is 5.69 Å². The first-order valence-corrected chi connectivity index (χ1v) is 10.7. The van der Waals surface area contributed by atoms with Crippen molar-refractivity contribution >= 4 is 43.4 Å². The Hall–Kier alpha value is -3.98. The lowest BCUT2D eigenvalue weighted by atomic mass is 10.1. The quantitative estimate of drug-likeness (QED) is 0.217. The van der Waals surface area contributed by atoms with Crippen LogP contribution in [0.4, 0.5) is 5.69 Å². The minimum atomic E-state index is -0.419. The van der Waals surface area contributed by atoms with Crippen molar-refractivity contribution in [1.29, 1.82) is 0 Å². The summed E-state index contributed by atoms with van der Waals surface area (Å²) in [5.41, 5.74) is 3.60. The monoisotopic (exact) mass is 504 g/mol. The van der Waals surface area contributed by atoms with E-state index in [1.807, 2.05) is 30.3 Å². The Balaban J connectivity index is 1.90. The summed E-state index contributed by atoms with van der Waals surface area (Å²) in [6.45, 7) is 0. The standard InChI is InChI=1S/C24H17BrN4O4/c1-32-21-11-18-20(12-22(21)33-2)26-13-19-23(14-5-3-6-15(25)9-14)27-28(24(18)19)16-7-4-8-17(10-16)29(30)31/h3-13H,1-2H3. The summed E-state index contributed by atoms with van der Waals surface area (Å²) < 4.78 is 13.6. The first-order chi connectivity index (χ1) is 16.0. The van der Waals surface area contributed by atoms with Crippen LogP contribution in [-0.2, 0) is 0 Å². The molecule has 0 atom stereocenters. The topological polar surface area (TPSA) is 92.3 Å². The van der Waals surface area contributed by atoms with Crippen molar-refractivity contribution in [3.8, 4) is 28.4 Å². The molecule has 0 aliphatic rings. The Morgan fingerprint density at radius 2 is 1.73 bits per heavy atom. The molecule has 0 bridgehead atoms.